The lowest BCUT2D eigenvalue weighted by Crippen LogP contribution is -2.04. The van der Waals surface area contributed by atoms with Crippen molar-refractivity contribution in [1.82, 2.24) is 20.4 Å². The summed E-state index contributed by atoms with van der Waals surface area (Å²) in [6.07, 6.45) is 1.65. The third kappa shape index (κ3) is 4.76. The van der Waals surface area contributed by atoms with Gasteiger partial charge in [0.15, 0.2) is 17.3 Å². The number of benzene rings is 2. The maximum Gasteiger partial charge on any atom is 0.189 e. The van der Waals surface area contributed by atoms with Crippen LogP contribution in [-0.2, 0) is 6.54 Å². The topological polar surface area (TPSA) is 110 Å². The van der Waals surface area contributed by atoms with Gasteiger partial charge in [-0.05, 0) is 25.2 Å². The van der Waals surface area contributed by atoms with Crippen LogP contribution in [0, 0.1) is 0 Å². The number of hydrogen-bond acceptors (Lipinski definition) is 8. The van der Waals surface area contributed by atoms with E-state index >= 15 is 0 Å². The highest BCUT2D eigenvalue weighted by molar-refractivity contribution is 7.99. The highest BCUT2D eigenvalue weighted by Crippen LogP contribution is 2.32. The van der Waals surface area contributed by atoms with Crippen molar-refractivity contribution in [1.29, 1.82) is 0 Å². The summed E-state index contributed by atoms with van der Waals surface area (Å²) >= 11 is 1.81. The van der Waals surface area contributed by atoms with Gasteiger partial charge in [-0.3, -0.25) is 0 Å². The van der Waals surface area contributed by atoms with Crippen molar-refractivity contribution in [2.45, 2.75) is 30.5 Å². The molecule has 2 aromatic heterocycles. The Balaban J connectivity index is 1.62. The molecule has 4 N–H and O–H groups in total. The fraction of sp³-hybridized carbons (Fsp3) is 0.208. The minimum atomic E-state index is 0.196. The Morgan fingerprint density at radius 3 is 2.50 bits per heavy atom. The van der Waals surface area contributed by atoms with E-state index in [0.29, 0.717) is 34.6 Å². The number of thioether (sulfide) groups is 1. The lowest BCUT2D eigenvalue weighted by Gasteiger charge is -2.07. The Morgan fingerprint density at radius 2 is 1.81 bits per heavy atom. The van der Waals surface area contributed by atoms with Gasteiger partial charge >= 0.3 is 0 Å². The smallest absolute Gasteiger partial charge is 0.189 e. The van der Waals surface area contributed by atoms with Crippen molar-refractivity contribution < 1.29 is 9.63 Å². The zero-order chi connectivity index (χ0) is 22.7. The second-order valence-electron chi connectivity index (χ2n) is 7.63. The third-order valence-corrected chi connectivity index (χ3v) is 5.83. The maximum atomic E-state index is 10.2. The summed E-state index contributed by atoms with van der Waals surface area (Å²) in [5.74, 6) is 0.870. The number of nitrogens with one attached hydrogen (secondary N) is 1. The number of aromatic nitrogens is 3. The predicted molar refractivity (Wildman–Crippen MR) is 128 cm³/mol. The quantitative estimate of drug-likeness (QED) is 0.341. The molecule has 0 fully saturated rings. The number of hydrogen-bond donors (Lipinski definition) is 3. The van der Waals surface area contributed by atoms with Gasteiger partial charge < -0.3 is 20.7 Å². The lowest BCUT2D eigenvalue weighted by molar-refractivity contribution is 0.433. The van der Waals surface area contributed by atoms with Gasteiger partial charge in [-0.1, -0.05) is 43.3 Å². The van der Waals surface area contributed by atoms with E-state index in [4.69, 9.17) is 10.3 Å². The monoisotopic (exact) mass is 447 g/mol. The van der Waals surface area contributed by atoms with Gasteiger partial charge in [-0.2, -0.15) is 0 Å². The number of aromatic hydroxyl groups is 1. The Kier molecular flexibility index (Phi) is 6.43. The molecule has 0 aliphatic rings. The van der Waals surface area contributed by atoms with Crippen molar-refractivity contribution in [3.05, 3.63) is 60.3 Å². The van der Waals surface area contributed by atoms with Crippen LogP contribution in [0.5, 0.6) is 5.75 Å². The number of rotatable bonds is 7. The van der Waals surface area contributed by atoms with Crippen LogP contribution in [0.25, 0.3) is 34.0 Å². The molecule has 0 aliphatic heterocycles. The maximum absolute atomic E-state index is 10.2. The summed E-state index contributed by atoms with van der Waals surface area (Å²) in [7, 11) is 1.83. The van der Waals surface area contributed by atoms with E-state index in [2.05, 4.69) is 46.4 Å². The minimum absolute atomic E-state index is 0.196. The van der Waals surface area contributed by atoms with Crippen molar-refractivity contribution in [2.75, 3.05) is 12.8 Å². The summed E-state index contributed by atoms with van der Waals surface area (Å²) in [6.45, 7) is 4.91. The molecule has 164 valence electrons. The largest absolute Gasteiger partial charge is 0.508 e. The first-order valence-corrected chi connectivity index (χ1v) is 11.2. The molecule has 0 saturated heterocycles. The fourth-order valence-electron chi connectivity index (χ4n) is 3.28. The molecule has 4 aromatic rings. The van der Waals surface area contributed by atoms with E-state index in [0.717, 1.165) is 16.7 Å². The van der Waals surface area contributed by atoms with Gasteiger partial charge in [0.05, 0.1) is 11.9 Å². The average molecular weight is 448 g/mol. The number of nitrogen functional groups attached to an aromatic ring is 1. The fourth-order valence-corrected chi connectivity index (χ4v) is 4.12. The molecule has 0 aliphatic carbocycles. The molecule has 0 saturated carbocycles. The standard InChI is InChI=1S/C24H25N5O2S/c1-14(2)32-18-8-6-15(7-9-18)20-13-27-24(25)23(28-20)22-11-19(29-31-22)16-4-5-17(12-26-3)21(30)10-16/h4-11,13-14,26,30H,12H2,1-3H3,(H2,25,27). The summed E-state index contributed by atoms with van der Waals surface area (Å²) in [6, 6.07) is 15.4. The van der Waals surface area contributed by atoms with Crippen LogP contribution in [0.2, 0.25) is 0 Å². The highest BCUT2D eigenvalue weighted by atomic mass is 32.2. The average Bonchev–Trinajstić information content (AvgIpc) is 3.26. The molecule has 0 spiro atoms. The van der Waals surface area contributed by atoms with E-state index < -0.39 is 0 Å². The van der Waals surface area contributed by atoms with E-state index in [1.165, 1.54) is 4.90 Å². The summed E-state index contributed by atoms with van der Waals surface area (Å²) < 4.78 is 5.53. The van der Waals surface area contributed by atoms with Crippen molar-refractivity contribution in [3.63, 3.8) is 0 Å². The highest BCUT2D eigenvalue weighted by Gasteiger charge is 2.16. The number of nitrogens with two attached hydrogens (primary N) is 1. The first-order valence-electron chi connectivity index (χ1n) is 10.3. The van der Waals surface area contributed by atoms with Crippen molar-refractivity contribution >= 4 is 17.6 Å². The van der Waals surface area contributed by atoms with Gasteiger partial charge in [-0.25, -0.2) is 9.97 Å². The van der Waals surface area contributed by atoms with Crippen LogP contribution in [0.15, 0.2) is 64.1 Å². The zero-order valence-corrected chi connectivity index (χ0v) is 19.0. The SMILES string of the molecule is CNCc1ccc(-c2cc(-c3nc(-c4ccc(SC(C)C)cc4)cnc3N)on2)cc1O. The van der Waals surface area contributed by atoms with Gasteiger partial charge in [0, 0.05) is 39.4 Å². The molecule has 4 rings (SSSR count). The van der Waals surface area contributed by atoms with Gasteiger partial charge in [0.1, 0.15) is 11.4 Å². The van der Waals surface area contributed by atoms with Crippen molar-refractivity contribution in [3.8, 4) is 39.7 Å². The minimum Gasteiger partial charge on any atom is -0.508 e. The molecule has 32 heavy (non-hydrogen) atoms. The summed E-state index contributed by atoms with van der Waals surface area (Å²) in [5, 5.41) is 17.9. The molecule has 0 bridgehead atoms. The van der Waals surface area contributed by atoms with E-state index in [1.807, 2.05) is 43.1 Å². The number of phenols is 1. The Hall–Kier alpha value is -3.36. The van der Waals surface area contributed by atoms with Gasteiger partial charge in [0.2, 0.25) is 0 Å². The third-order valence-electron chi connectivity index (χ3n) is 4.81. The second kappa shape index (κ2) is 9.42. The van der Waals surface area contributed by atoms with Crippen LogP contribution in [0.4, 0.5) is 5.82 Å². The molecule has 8 heteroatoms. The zero-order valence-electron chi connectivity index (χ0n) is 18.2. The molecule has 7 nitrogen and oxygen atoms in total. The molecule has 0 unspecified atom stereocenters. The van der Waals surface area contributed by atoms with Crippen molar-refractivity contribution in [2.24, 2.45) is 0 Å². The van der Waals surface area contributed by atoms with E-state index in [9.17, 15) is 5.11 Å². The first kappa shape index (κ1) is 21.9. The number of nitrogens with zero attached hydrogens (tertiary/aromatic N) is 3. The second-order valence-corrected chi connectivity index (χ2v) is 9.28. The molecular weight excluding hydrogens is 422 g/mol. The molecule has 0 atom stereocenters. The first-order chi connectivity index (χ1) is 15.4. The van der Waals surface area contributed by atoms with Crippen LogP contribution in [0.1, 0.15) is 19.4 Å². The van der Waals surface area contributed by atoms with E-state index in [1.54, 1.807) is 18.3 Å². The molecule has 2 aromatic carbocycles. The predicted octanol–water partition coefficient (Wildman–Crippen LogP) is 4.97. The van der Waals surface area contributed by atoms with Gasteiger partial charge in [-0.15, -0.1) is 11.8 Å². The van der Waals surface area contributed by atoms with Crippen LogP contribution in [0.3, 0.4) is 0 Å². The summed E-state index contributed by atoms with van der Waals surface area (Å²) in [5.41, 5.74) is 10.3. The molecule has 2 heterocycles. The van der Waals surface area contributed by atoms with E-state index in [-0.39, 0.29) is 11.6 Å². The Bertz CT molecular complexity index is 1220. The van der Waals surface area contributed by atoms with Crippen LogP contribution in [-0.4, -0.2) is 32.5 Å². The molecular formula is C24H25N5O2S. The normalized spacial score (nSPS) is 11.2. The Labute approximate surface area is 191 Å². The lowest BCUT2D eigenvalue weighted by atomic mass is 10.1. The number of phenolic OH excluding ortho intramolecular Hbond substituents is 1. The Morgan fingerprint density at radius 1 is 1.06 bits per heavy atom. The van der Waals surface area contributed by atoms with Crippen LogP contribution < -0.4 is 11.1 Å². The summed E-state index contributed by atoms with van der Waals surface area (Å²) in [4.78, 5) is 10.2. The molecule has 0 radical (unpaired) electrons. The van der Waals surface area contributed by atoms with Gasteiger partial charge in [0.25, 0.3) is 0 Å². The molecule has 0 amide bonds. The number of anilines is 1. The van der Waals surface area contributed by atoms with Crippen LogP contribution >= 0.6 is 11.8 Å².